The summed E-state index contributed by atoms with van der Waals surface area (Å²) in [6.45, 7) is 1.46. The fourth-order valence-corrected chi connectivity index (χ4v) is 1.96. The fraction of sp³-hybridized carbons (Fsp3) is 0.0714. The molecule has 1 amide bonds. The van der Waals surface area contributed by atoms with E-state index in [1.165, 1.54) is 6.92 Å². The monoisotopic (exact) mass is 320 g/mol. The van der Waals surface area contributed by atoms with Crippen LogP contribution in [-0.4, -0.2) is 5.91 Å². The van der Waals surface area contributed by atoms with E-state index < -0.39 is 0 Å². The second-order valence-corrected chi connectivity index (χ2v) is 4.91. The van der Waals surface area contributed by atoms with Crippen molar-refractivity contribution in [3.8, 4) is 11.5 Å². The highest BCUT2D eigenvalue weighted by Crippen LogP contribution is 2.30. The van der Waals surface area contributed by atoms with E-state index in [0.29, 0.717) is 22.9 Å². The molecule has 0 aliphatic carbocycles. The van der Waals surface area contributed by atoms with E-state index in [4.69, 9.17) is 10.5 Å². The van der Waals surface area contributed by atoms with Gasteiger partial charge in [0.1, 0.15) is 11.5 Å². The Hall–Kier alpha value is -2.01. The van der Waals surface area contributed by atoms with Gasteiger partial charge in [-0.1, -0.05) is 22.0 Å². The van der Waals surface area contributed by atoms with Crippen molar-refractivity contribution < 1.29 is 9.53 Å². The minimum absolute atomic E-state index is 0.125. The zero-order valence-electron chi connectivity index (χ0n) is 10.3. The third kappa shape index (κ3) is 3.72. The molecule has 0 aliphatic heterocycles. The first kappa shape index (κ1) is 13.4. The number of carbonyl (C=O) groups is 1. The summed E-state index contributed by atoms with van der Waals surface area (Å²) in [4.78, 5) is 11.0. The number of halogens is 1. The molecule has 0 heterocycles. The quantitative estimate of drug-likeness (QED) is 0.846. The van der Waals surface area contributed by atoms with Gasteiger partial charge in [0.25, 0.3) is 0 Å². The van der Waals surface area contributed by atoms with Crippen LogP contribution < -0.4 is 15.8 Å². The highest BCUT2D eigenvalue weighted by atomic mass is 79.9. The van der Waals surface area contributed by atoms with Gasteiger partial charge in [-0.3, -0.25) is 4.79 Å². The Kier molecular flexibility index (Phi) is 4.06. The number of nitrogen functional groups attached to an aromatic ring is 1. The lowest BCUT2D eigenvalue weighted by molar-refractivity contribution is -0.114. The predicted molar refractivity (Wildman–Crippen MR) is 79.4 cm³/mol. The fourth-order valence-electron chi connectivity index (χ4n) is 1.58. The molecule has 3 N–H and O–H groups in total. The number of nitrogens with two attached hydrogens (primary N) is 1. The number of ether oxygens (including phenoxy) is 1. The van der Waals surface area contributed by atoms with Crippen molar-refractivity contribution in [3.05, 3.63) is 46.9 Å². The predicted octanol–water partition coefficient (Wildman–Crippen LogP) is 3.78. The van der Waals surface area contributed by atoms with Crippen LogP contribution in [0.3, 0.4) is 0 Å². The average molecular weight is 321 g/mol. The molecule has 4 nitrogen and oxygen atoms in total. The number of carbonyl (C=O) groups excluding carboxylic acids is 1. The third-order valence-corrected chi connectivity index (χ3v) is 2.85. The van der Waals surface area contributed by atoms with Crippen molar-refractivity contribution >= 4 is 33.2 Å². The summed E-state index contributed by atoms with van der Waals surface area (Å²) < 4.78 is 6.58. The largest absolute Gasteiger partial charge is 0.455 e. The summed E-state index contributed by atoms with van der Waals surface area (Å²) >= 11 is 3.34. The third-order valence-electron chi connectivity index (χ3n) is 2.35. The molecule has 5 heteroatoms. The molecule has 0 bridgehead atoms. The van der Waals surface area contributed by atoms with Crippen LogP contribution in [0.2, 0.25) is 0 Å². The van der Waals surface area contributed by atoms with Gasteiger partial charge in [0.15, 0.2) is 0 Å². The Labute approximate surface area is 119 Å². The zero-order chi connectivity index (χ0) is 13.8. The minimum Gasteiger partial charge on any atom is -0.455 e. The lowest BCUT2D eigenvalue weighted by Crippen LogP contribution is -2.05. The highest BCUT2D eigenvalue weighted by molar-refractivity contribution is 9.10. The Bertz CT molecular complexity index is 614. The summed E-state index contributed by atoms with van der Waals surface area (Å²) in [5.41, 5.74) is 7.09. The van der Waals surface area contributed by atoms with E-state index >= 15 is 0 Å². The summed E-state index contributed by atoms with van der Waals surface area (Å²) in [7, 11) is 0. The van der Waals surface area contributed by atoms with Crippen molar-refractivity contribution in [1.82, 2.24) is 0 Å². The summed E-state index contributed by atoms with van der Waals surface area (Å²) in [6.07, 6.45) is 0. The minimum atomic E-state index is -0.125. The molecular weight excluding hydrogens is 308 g/mol. The SMILES string of the molecule is CC(=O)Nc1cccc(Oc2ccc(Br)cc2N)c1. The second-order valence-electron chi connectivity index (χ2n) is 3.99. The number of rotatable bonds is 3. The van der Waals surface area contributed by atoms with E-state index in [0.717, 1.165) is 4.47 Å². The van der Waals surface area contributed by atoms with Crippen LogP contribution in [0.1, 0.15) is 6.92 Å². The van der Waals surface area contributed by atoms with Gasteiger partial charge in [-0.05, 0) is 30.3 Å². The first-order chi connectivity index (χ1) is 9.04. The first-order valence-corrected chi connectivity index (χ1v) is 6.44. The van der Waals surface area contributed by atoms with Crippen molar-refractivity contribution in [2.75, 3.05) is 11.1 Å². The van der Waals surface area contributed by atoms with Crippen LogP contribution in [0.25, 0.3) is 0 Å². The van der Waals surface area contributed by atoms with E-state index in [2.05, 4.69) is 21.2 Å². The number of amides is 1. The second kappa shape index (κ2) is 5.75. The normalized spacial score (nSPS) is 10.0. The van der Waals surface area contributed by atoms with E-state index in [1.54, 1.807) is 36.4 Å². The van der Waals surface area contributed by atoms with Crippen LogP contribution in [0.4, 0.5) is 11.4 Å². The van der Waals surface area contributed by atoms with Gasteiger partial charge in [0.05, 0.1) is 5.69 Å². The van der Waals surface area contributed by atoms with Crippen molar-refractivity contribution in [2.45, 2.75) is 6.92 Å². The van der Waals surface area contributed by atoms with Gasteiger partial charge >= 0.3 is 0 Å². The van der Waals surface area contributed by atoms with Gasteiger partial charge in [0, 0.05) is 23.2 Å². The molecular formula is C14H13BrN2O2. The van der Waals surface area contributed by atoms with E-state index in [-0.39, 0.29) is 5.91 Å². The van der Waals surface area contributed by atoms with Gasteiger partial charge in [0.2, 0.25) is 5.91 Å². The lowest BCUT2D eigenvalue weighted by atomic mass is 10.2. The Balaban J connectivity index is 2.21. The molecule has 2 rings (SSSR count). The molecule has 0 saturated heterocycles. The van der Waals surface area contributed by atoms with Gasteiger partial charge in [-0.2, -0.15) is 0 Å². The van der Waals surface area contributed by atoms with Gasteiger partial charge in [-0.15, -0.1) is 0 Å². The number of nitrogens with one attached hydrogen (secondary N) is 1. The smallest absolute Gasteiger partial charge is 0.221 e. The van der Waals surface area contributed by atoms with Gasteiger partial charge in [-0.25, -0.2) is 0 Å². The molecule has 0 saturated carbocycles. The first-order valence-electron chi connectivity index (χ1n) is 5.65. The molecule has 19 heavy (non-hydrogen) atoms. The van der Waals surface area contributed by atoms with Crippen LogP contribution in [0.15, 0.2) is 46.9 Å². The molecule has 0 unspecified atom stereocenters. The number of anilines is 2. The highest BCUT2D eigenvalue weighted by Gasteiger charge is 2.04. The molecule has 98 valence electrons. The summed E-state index contributed by atoms with van der Waals surface area (Å²) in [5, 5.41) is 2.70. The topological polar surface area (TPSA) is 64.3 Å². The lowest BCUT2D eigenvalue weighted by Gasteiger charge is -2.10. The van der Waals surface area contributed by atoms with E-state index in [9.17, 15) is 4.79 Å². The Morgan fingerprint density at radius 2 is 2.05 bits per heavy atom. The Morgan fingerprint density at radius 1 is 1.26 bits per heavy atom. The maximum absolute atomic E-state index is 11.0. The average Bonchev–Trinajstić information content (AvgIpc) is 2.32. The number of hydrogen-bond acceptors (Lipinski definition) is 3. The molecule has 0 aromatic heterocycles. The van der Waals surface area contributed by atoms with E-state index in [1.807, 2.05) is 6.07 Å². The molecule has 0 radical (unpaired) electrons. The molecule has 2 aromatic rings. The number of benzene rings is 2. The maximum Gasteiger partial charge on any atom is 0.221 e. The zero-order valence-corrected chi connectivity index (χ0v) is 11.9. The molecule has 0 aliphatic rings. The van der Waals surface area contributed by atoms with Crippen LogP contribution >= 0.6 is 15.9 Å². The Morgan fingerprint density at radius 3 is 2.74 bits per heavy atom. The standard InChI is InChI=1S/C14H13BrN2O2/c1-9(18)17-11-3-2-4-12(8-11)19-14-6-5-10(15)7-13(14)16/h2-8H,16H2,1H3,(H,17,18). The van der Waals surface area contributed by atoms with Crippen LogP contribution in [-0.2, 0) is 4.79 Å². The van der Waals surface area contributed by atoms with Gasteiger partial charge < -0.3 is 15.8 Å². The maximum atomic E-state index is 11.0. The molecule has 0 atom stereocenters. The number of hydrogen-bond donors (Lipinski definition) is 2. The van der Waals surface area contributed by atoms with Crippen LogP contribution in [0.5, 0.6) is 11.5 Å². The van der Waals surface area contributed by atoms with Crippen LogP contribution in [0, 0.1) is 0 Å². The summed E-state index contributed by atoms with van der Waals surface area (Å²) in [5.74, 6) is 1.06. The van der Waals surface area contributed by atoms with Crippen molar-refractivity contribution in [3.63, 3.8) is 0 Å². The molecule has 0 fully saturated rings. The summed E-state index contributed by atoms with van der Waals surface area (Å²) in [6, 6.07) is 12.5. The molecule has 2 aromatic carbocycles. The van der Waals surface area contributed by atoms with Crippen molar-refractivity contribution in [2.24, 2.45) is 0 Å². The molecule has 0 spiro atoms. The van der Waals surface area contributed by atoms with Crippen molar-refractivity contribution in [1.29, 1.82) is 0 Å².